The Hall–Kier alpha value is -0.780. The fraction of sp³-hybridized carbons (Fsp3) is 0.833. The maximum Gasteiger partial charge on any atom is 0.471 e. The Bertz CT molecular complexity index is 174. The summed E-state index contributed by atoms with van der Waals surface area (Å²) in [4.78, 5) is 11.4. The predicted molar refractivity (Wildman–Crippen MR) is 34.5 cm³/mol. The lowest BCUT2D eigenvalue weighted by Gasteiger charge is -2.26. The molecule has 3 nitrogen and oxygen atoms in total. The van der Waals surface area contributed by atoms with E-state index in [1.165, 1.54) is 0 Å². The molecule has 0 bridgehead atoms. The molecule has 1 rings (SSSR count). The first kappa shape index (κ1) is 9.31. The van der Waals surface area contributed by atoms with E-state index in [0.29, 0.717) is 13.1 Å². The first-order valence-corrected chi connectivity index (χ1v) is 3.51. The minimum Gasteiger partial charge on any atom is -0.332 e. The van der Waals surface area contributed by atoms with Gasteiger partial charge in [-0.3, -0.25) is 4.79 Å². The van der Waals surface area contributed by atoms with E-state index < -0.39 is 12.1 Å². The third-order valence-corrected chi connectivity index (χ3v) is 1.59. The van der Waals surface area contributed by atoms with Crippen LogP contribution in [0.15, 0.2) is 0 Å². The van der Waals surface area contributed by atoms with Gasteiger partial charge in [0.2, 0.25) is 0 Å². The molecule has 1 saturated heterocycles. The van der Waals surface area contributed by atoms with Crippen molar-refractivity contribution in [3.8, 4) is 0 Å². The molecule has 0 aromatic heterocycles. The van der Waals surface area contributed by atoms with Gasteiger partial charge in [0.15, 0.2) is 0 Å². The number of halogens is 3. The average molecular weight is 181 g/mol. The number of hydrogen-bond donors (Lipinski definition) is 0. The van der Waals surface area contributed by atoms with Crippen molar-refractivity contribution in [1.82, 2.24) is 10.2 Å². The lowest BCUT2D eigenvalue weighted by molar-refractivity contribution is -0.185. The van der Waals surface area contributed by atoms with Crippen LogP contribution < -0.4 is 5.32 Å². The monoisotopic (exact) mass is 181 g/mol. The van der Waals surface area contributed by atoms with Gasteiger partial charge in [0.1, 0.15) is 0 Å². The van der Waals surface area contributed by atoms with Crippen LogP contribution in [-0.4, -0.2) is 43.2 Å². The van der Waals surface area contributed by atoms with E-state index in [0.717, 1.165) is 4.90 Å². The van der Waals surface area contributed by atoms with E-state index >= 15 is 0 Å². The zero-order valence-electron chi connectivity index (χ0n) is 6.26. The summed E-state index contributed by atoms with van der Waals surface area (Å²) in [6.07, 6.45) is -4.74. The highest BCUT2D eigenvalue weighted by Crippen LogP contribution is 2.18. The Balaban J connectivity index is 2.51. The minimum absolute atomic E-state index is 0.0817. The van der Waals surface area contributed by atoms with Crippen LogP contribution in [0.1, 0.15) is 0 Å². The van der Waals surface area contributed by atoms with E-state index in [9.17, 15) is 18.0 Å². The van der Waals surface area contributed by atoms with Crippen molar-refractivity contribution < 1.29 is 18.0 Å². The number of carbonyl (C=O) groups excluding carboxylic acids is 1. The molecule has 0 atom stereocenters. The zero-order valence-corrected chi connectivity index (χ0v) is 6.26. The summed E-state index contributed by atoms with van der Waals surface area (Å²) in [5.74, 6) is -1.75. The zero-order chi connectivity index (χ0) is 9.19. The first-order chi connectivity index (χ1) is 5.52. The van der Waals surface area contributed by atoms with Gasteiger partial charge in [0.25, 0.3) is 0 Å². The van der Waals surface area contributed by atoms with Crippen molar-refractivity contribution in [3.05, 3.63) is 0 Å². The summed E-state index contributed by atoms with van der Waals surface area (Å²) in [5.41, 5.74) is 0. The van der Waals surface area contributed by atoms with Gasteiger partial charge < -0.3 is 4.90 Å². The molecular weight excluding hydrogens is 173 g/mol. The van der Waals surface area contributed by atoms with Crippen LogP contribution in [0.2, 0.25) is 0 Å². The molecule has 1 aliphatic rings. The molecule has 0 aromatic carbocycles. The Labute approximate surface area is 67.5 Å². The fourth-order valence-corrected chi connectivity index (χ4v) is 0.989. The molecule has 0 aliphatic carbocycles. The van der Waals surface area contributed by atoms with Gasteiger partial charge in [-0.1, -0.05) is 0 Å². The van der Waals surface area contributed by atoms with E-state index in [2.05, 4.69) is 5.32 Å². The fourth-order valence-electron chi connectivity index (χ4n) is 0.989. The highest BCUT2D eigenvalue weighted by Gasteiger charge is 2.42. The van der Waals surface area contributed by atoms with Gasteiger partial charge in [-0.05, 0) is 0 Å². The highest BCUT2D eigenvalue weighted by molar-refractivity contribution is 5.81. The smallest absolute Gasteiger partial charge is 0.332 e. The molecule has 0 spiro atoms. The molecule has 6 heteroatoms. The van der Waals surface area contributed by atoms with Crippen LogP contribution in [0.5, 0.6) is 0 Å². The summed E-state index contributed by atoms with van der Waals surface area (Å²) in [5, 5.41) is 3.83. The Kier molecular flexibility index (Phi) is 2.56. The van der Waals surface area contributed by atoms with Crippen LogP contribution in [0, 0.1) is 0 Å². The first-order valence-electron chi connectivity index (χ1n) is 3.51. The molecule has 0 saturated carbocycles. The summed E-state index contributed by atoms with van der Waals surface area (Å²) in [7, 11) is 0. The number of nitrogens with zero attached hydrogens (tertiary/aromatic N) is 2. The largest absolute Gasteiger partial charge is 0.471 e. The quantitative estimate of drug-likeness (QED) is 0.517. The van der Waals surface area contributed by atoms with Gasteiger partial charge in [-0.15, -0.1) is 0 Å². The van der Waals surface area contributed by atoms with Gasteiger partial charge in [0, 0.05) is 26.2 Å². The molecule has 0 aromatic rings. The highest BCUT2D eigenvalue weighted by atomic mass is 19.4. The number of rotatable bonds is 0. The Morgan fingerprint density at radius 2 is 1.75 bits per heavy atom. The average Bonchev–Trinajstić information content (AvgIpc) is 2.03. The Morgan fingerprint density at radius 3 is 2.17 bits per heavy atom. The number of alkyl halides is 3. The third-order valence-electron chi connectivity index (χ3n) is 1.59. The lowest BCUT2D eigenvalue weighted by Crippen LogP contribution is -2.48. The number of piperazine rings is 1. The second-order valence-corrected chi connectivity index (χ2v) is 2.46. The topological polar surface area (TPSA) is 34.4 Å². The van der Waals surface area contributed by atoms with Gasteiger partial charge in [-0.25, -0.2) is 5.32 Å². The summed E-state index contributed by atoms with van der Waals surface area (Å²) < 4.78 is 35.4. The Morgan fingerprint density at radius 1 is 1.25 bits per heavy atom. The molecule has 1 amide bonds. The standard InChI is InChI=1S/C6H8F3N2O/c7-6(8,9)5(12)11-3-1-10-2-4-11/h1-4H2. The number of amides is 1. The van der Waals surface area contributed by atoms with Crippen molar-refractivity contribution in [2.75, 3.05) is 26.2 Å². The van der Waals surface area contributed by atoms with Crippen LogP contribution in [0.3, 0.4) is 0 Å². The molecule has 1 radical (unpaired) electrons. The van der Waals surface area contributed by atoms with Crippen molar-refractivity contribution in [2.45, 2.75) is 6.18 Å². The van der Waals surface area contributed by atoms with Crippen molar-refractivity contribution in [2.24, 2.45) is 0 Å². The predicted octanol–water partition coefficient (Wildman–Crippen LogP) is -0.00470. The van der Waals surface area contributed by atoms with Crippen molar-refractivity contribution in [1.29, 1.82) is 0 Å². The summed E-state index contributed by atoms with van der Waals surface area (Å²) >= 11 is 0. The van der Waals surface area contributed by atoms with Crippen molar-refractivity contribution >= 4 is 5.91 Å². The van der Waals surface area contributed by atoms with Crippen LogP contribution in [0.4, 0.5) is 13.2 Å². The van der Waals surface area contributed by atoms with Crippen LogP contribution in [-0.2, 0) is 4.79 Å². The maximum absolute atomic E-state index is 11.8. The second kappa shape index (κ2) is 3.30. The van der Waals surface area contributed by atoms with Crippen LogP contribution >= 0.6 is 0 Å². The van der Waals surface area contributed by atoms with E-state index in [1.807, 2.05) is 0 Å². The lowest BCUT2D eigenvalue weighted by atomic mass is 10.3. The number of hydrogen-bond acceptors (Lipinski definition) is 1. The maximum atomic E-state index is 11.8. The van der Waals surface area contributed by atoms with E-state index in [1.54, 1.807) is 0 Å². The molecule has 1 heterocycles. The van der Waals surface area contributed by atoms with E-state index in [-0.39, 0.29) is 13.1 Å². The second-order valence-electron chi connectivity index (χ2n) is 2.46. The van der Waals surface area contributed by atoms with Crippen LogP contribution in [0.25, 0.3) is 0 Å². The van der Waals surface area contributed by atoms with E-state index in [4.69, 9.17) is 0 Å². The minimum atomic E-state index is -4.74. The molecular formula is C6H8F3N2O. The van der Waals surface area contributed by atoms with Gasteiger partial charge in [0.05, 0.1) is 0 Å². The molecule has 0 unspecified atom stereocenters. The summed E-state index contributed by atoms with van der Waals surface area (Å²) in [6.45, 7) is 0.778. The molecule has 1 fully saturated rings. The normalized spacial score (nSPS) is 19.4. The third kappa shape index (κ3) is 2.10. The molecule has 1 aliphatic heterocycles. The SMILES string of the molecule is O=C(N1CC[N]CC1)C(F)(F)F. The molecule has 0 N–H and O–H groups in total. The summed E-state index contributed by atoms with van der Waals surface area (Å²) in [6, 6.07) is 0. The van der Waals surface area contributed by atoms with Crippen molar-refractivity contribution in [3.63, 3.8) is 0 Å². The molecule has 69 valence electrons. The van der Waals surface area contributed by atoms with Gasteiger partial charge >= 0.3 is 12.1 Å². The number of carbonyl (C=O) groups is 1. The molecule has 12 heavy (non-hydrogen) atoms. The van der Waals surface area contributed by atoms with Gasteiger partial charge in [-0.2, -0.15) is 13.2 Å².